The van der Waals surface area contributed by atoms with E-state index in [0.29, 0.717) is 12.8 Å². The van der Waals surface area contributed by atoms with Crippen molar-refractivity contribution in [1.82, 2.24) is 6.15 Å². The van der Waals surface area contributed by atoms with Crippen molar-refractivity contribution in [1.29, 1.82) is 0 Å². The van der Waals surface area contributed by atoms with Crippen LogP contribution in [0.1, 0.15) is 32.1 Å². The van der Waals surface area contributed by atoms with Gasteiger partial charge < -0.3 is 6.15 Å². The molecule has 1 unspecified atom stereocenters. The van der Waals surface area contributed by atoms with Crippen LogP contribution in [0.3, 0.4) is 0 Å². The number of ketones is 1. The molecule has 0 bridgehead atoms. The van der Waals surface area contributed by atoms with Gasteiger partial charge >= 0.3 is 0 Å². The van der Waals surface area contributed by atoms with Gasteiger partial charge in [0.15, 0.2) is 0 Å². The Morgan fingerprint density at radius 2 is 2.00 bits per heavy atom. The van der Waals surface area contributed by atoms with Gasteiger partial charge in [0.2, 0.25) is 5.78 Å². The molecule has 0 aromatic heterocycles. The third-order valence-electron chi connectivity index (χ3n) is 2.03. The Morgan fingerprint density at radius 3 is 2.58 bits per heavy atom. The quantitative estimate of drug-likeness (QED) is 0.372. The number of nitro groups is 1. The lowest BCUT2D eigenvalue weighted by molar-refractivity contribution is -0.508. The van der Waals surface area contributed by atoms with E-state index >= 15 is 0 Å². The summed E-state index contributed by atoms with van der Waals surface area (Å²) in [6.45, 7) is 0. The smallest absolute Gasteiger partial charge is 0.270 e. The molecule has 1 rings (SSSR count). The summed E-state index contributed by atoms with van der Waals surface area (Å²) in [4.78, 5) is 20.9. The van der Waals surface area contributed by atoms with E-state index in [1.165, 1.54) is 0 Å². The van der Waals surface area contributed by atoms with E-state index in [1.807, 2.05) is 0 Å². The van der Waals surface area contributed by atoms with Crippen LogP contribution in [0.25, 0.3) is 0 Å². The fraction of sp³-hybridized carbons (Fsp3) is 0.857. The molecular weight excluding hydrogens is 160 g/mol. The molecule has 12 heavy (non-hydrogen) atoms. The van der Waals surface area contributed by atoms with Gasteiger partial charge in [0.25, 0.3) is 6.04 Å². The third-order valence-corrected chi connectivity index (χ3v) is 2.03. The highest BCUT2D eigenvalue weighted by molar-refractivity contribution is 5.82. The molecule has 70 valence electrons. The number of carbonyl (C=O) groups is 1. The molecule has 0 radical (unpaired) electrons. The van der Waals surface area contributed by atoms with Crippen LogP contribution in [-0.2, 0) is 4.79 Å². The molecule has 0 aromatic carbocycles. The van der Waals surface area contributed by atoms with Gasteiger partial charge in [0.1, 0.15) is 0 Å². The predicted molar refractivity (Wildman–Crippen MR) is 44.9 cm³/mol. The van der Waals surface area contributed by atoms with Gasteiger partial charge in [-0.1, -0.05) is 6.42 Å². The van der Waals surface area contributed by atoms with Crippen molar-refractivity contribution in [2.24, 2.45) is 0 Å². The normalized spacial score (nSPS) is 24.0. The van der Waals surface area contributed by atoms with Crippen LogP contribution in [-0.4, -0.2) is 16.7 Å². The van der Waals surface area contributed by atoms with Gasteiger partial charge in [-0.15, -0.1) is 0 Å². The minimum absolute atomic E-state index is 0. The molecule has 1 aliphatic carbocycles. The zero-order valence-corrected chi connectivity index (χ0v) is 7.28. The minimum Gasteiger partial charge on any atom is -0.369 e. The molecule has 0 aliphatic heterocycles. The fourth-order valence-corrected chi connectivity index (χ4v) is 1.36. The highest BCUT2D eigenvalue weighted by atomic mass is 16.6. The van der Waals surface area contributed by atoms with E-state index in [1.54, 1.807) is 0 Å². The first-order valence-electron chi connectivity index (χ1n) is 3.88. The second kappa shape index (κ2) is 4.82. The standard InChI is InChI=1S/C7H11NO3.H3N/c9-7-5-3-1-2-4-6(7)8(10)11;/h6H,1-5H2;1H3/p+1. The zero-order chi connectivity index (χ0) is 8.27. The Balaban J connectivity index is 0.00000121. The number of quaternary nitrogens is 1. The van der Waals surface area contributed by atoms with E-state index in [2.05, 4.69) is 0 Å². The summed E-state index contributed by atoms with van der Waals surface area (Å²) < 4.78 is 0. The van der Waals surface area contributed by atoms with Gasteiger partial charge in [0.05, 0.1) is 0 Å². The van der Waals surface area contributed by atoms with Gasteiger partial charge in [-0.05, 0) is 12.8 Å². The largest absolute Gasteiger partial charge is 0.369 e. The van der Waals surface area contributed by atoms with Crippen molar-refractivity contribution < 1.29 is 9.72 Å². The zero-order valence-electron chi connectivity index (χ0n) is 7.28. The van der Waals surface area contributed by atoms with E-state index in [4.69, 9.17) is 0 Å². The molecule has 0 amide bonds. The summed E-state index contributed by atoms with van der Waals surface area (Å²) in [6.07, 6.45) is 3.42. The fourth-order valence-electron chi connectivity index (χ4n) is 1.36. The molecular formula is C7H15N2O3+. The number of rotatable bonds is 1. The first-order chi connectivity index (χ1) is 5.22. The number of hydrogen-bond donors (Lipinski definition) is 1. The predicted octanol–water partition coefficient (Wildman–Crippen LogP) is 1.54. The van der Waals surface area contributed by atoms with Crippen LogP contribution in [0.15, 0.2) is 0 Å². The van der Waals surface area contributed by atoms with Crippen LogP contribution in [0.2, 0.25) is 0 Å². The van der Waals surface area contributed by atoms with Gasteiger partial charge in [-0.25, -0.2) is 0 Å². The highest BCUT2D eigenvalue weighted by Gasteiger charge is 2.29. The average molecular weight is 175 g/mol. The maximum atomic E-state index is 11.0. The molecule has 1 aliphatic rings. The average Bonchev–Trinajstić information content (AvgIpc) is 2.13. The van der Waals surface area contributed by atoms with Crippen LogP contribution in [0, 0.1) is 10.1 Å². The maximum Gasteiger partial charge on any atom is 0.270 e. The summed E-state index contributed by atoms with van der Waals surface area (Å²) >= 11 is 0. The molecule has 0 heterocycles. The van der Waals surface area contributed by atoms with Crippen LogP contribution >= 0.6 is 0 Å². The highest BCUT2D eigenvalue weighted by Crippen LogP contribution is 2.16. The molecule has 1 fully saturated rings. The first kappa shape index (κ1) is 11.0. The van der Waals surface area contributed by atoms with Gasteiger partial charge in [-0.3, -0.25) is 14.9 Å². The van der Waals surface area contributed by atoms with Crippen molar-refractivity contribution in [3.05, 3.63) is 10.1 Å². The van der Waals surface area contributed by atoms with Crippen molar-refractivity contribution in [3.8, 4) is 0 Å². The maximum absolute atomic E-state index is 11.0. The molecule has 1 saturated carbocycles. The van der Waals surface area contributed by atoms with Crippen molar-refractivity contribution in [3.63, 3.8) is 0 Å². The van der Waals surface area contributed by atoms with Gasteiger partial charge in [-0.2, -0.15) is 0 Å². The minimum atomic E-state index is -0.905. The first-order valence-corrected chi connectivity index (χ1v) is 3.88. The molecule has 0 saturated heterocycles. The molecule has 0 aromatic rings. The van der Waals surface area contributed by atoms with Crippen molar-refractivity contribution in [2.45, 2.75) is 38.1 Å². The summed E-state index contributed by atoms with van der Waals surface area (Å²) in [5, 5.41) is 10.3. The van der Waals surface area contributed by atoms with E-state index < -0.39 is 11.0 Å². The third kappa shape index (κ3) is 2.58. The Hall–Kier alpha value is -0.970. The van der Waals surface area contributed by atoms with E-state index in [0.717, 1.165) is 19.3 Å². The Kier molecular flexibility index (Phi) is 4.43. The van der Waals surface area contributed by atoms with Crippen molar-refractivity contribution in [2.75, 3.05) is 0 Å². The lowest BCUT2D eigenvalue weighted by atomic mass is 10.1. The van der Waals surface area contributed by atoms with Crippen LogP contribution in [0.5, 0.6) is 0 Å². The second-order valence-corrected chi connectivity index (χ2v) is 2.87. The lowest BCUT2D eigenvalue weighted by Gasteiger charge is -2.02. The number of nitrogens with zero attached hydrogens (tertiary/aromatic N) is 1. The molecule has 5 nitrogen and oxygen atoms in total. The van der Waals surface area contributed by atoms with E-state index in [-0.39, 0.29) is 11.9 Å². The Bertz CT molecular complexity index is 181. The topological polar surface area (TPSA) is 96.7 Å². The summed E-state index contributed by atoms with van der Waals surface area (Å²) in [5.41, 5.74) is 0. The van der Waals surface area contributed by atoms with Crippen LogP contribution < -0.4 is 6.15 Å². The lowest BCUT2D eigenvalue weighted by Crippen LogP contribution is -2.27. The molecule has 4 N–H and O–H groups in total. The number of carbonyl (C=O) groups excluding carboxylic acids is 1. The Morgan fingerprint density at radius 1 is 1.33 bits per heavy atom. The summed E-state index contributed by atoms with van der Waals surface area (Å²) in [6, 6.07) is -0.905. The summed E-state index contributed by atoms with van der Waals surface area (Å²) in [5.74, 6) is -0.187. The monoisotopic (exact) mass is 175 g/mol. The van der Waals surface area contributed by atoms with E-state index in [9.17, 15) is 14.9 Å². The Labute approximate surface area is 70.9 Å². The second-order valence-electron chi connectivity index (χ2n) is 2.87. The molecule has 1 atom stereocenters. The molecule has 0 spiro atoms. The number of hydrogen-bond acceptors (Lipinski definition) is 3. The van der Waals surface area contributed by atoms with Crippen molar-refractivity contribution >= 4 is 5.78 Å². The SMILES string of the molecule is O=C1CCCCCC1[N+](=O)[O-].[NH4+]. The summed E-state index contributed by atoms with van der Waals surface area (Å²) in [7, 11) is 0. The van der Waals surface area contributed by atoms with Gasteiger partial charge in [0, 0.05) is 17.8 Å². The van der Waals surface area contributed by atoms with Crippen LogP contribution in [0.4, 0.5) is 0 Å². The number of Topliss-reactive ketones (excluding diaryl/α,β-unsaturated/α-hetero) is 1. The molecule has 5 heteroatoms.